The fraction of sp³-hybridized carbons (Fsp3) is 0. The van der Waals surface area contributed by atoms with Crippen LogP contribution in [0.5, 0.6) is 11.5 Å². The first-order valence-corrected chi connectivity index (χ1v) is 24.0. The van der Waals surface area contributed by atoms with Crippen molar-refractivity contribution in [1.82, 2.24) is 0 Å². The molecule has 70 heavy (non-hydrogen) atoms. The molecule has 0 saturated carbocycles. The molecule has 0 aliphatic rings. The average molecular weight is 1060 g/mol. The maximum atomic E-state index is 13.5. The van der Waals surface area contributed by atoms with E-state index in [0.29, 0.717) is 0 Å². The number of nitrogens with one attached hydrogen (secondary N) is 2. The van der Waals surface area contributed by atoms with E-state index >= 15 is 0 Å². The molecular formula is C41H24N6Na4O15S4. The number of benzene rings is 8. The Hall–Kier alpha value is -3.49. The zero-order valence-corrected chi connectivity index (χ0v) is 47.9. The molecule has 2 amide bonds. The number of rotatable bonds is 10. The Morgan fingerprint density at radius 3 is 1.13 bits per heavy atom. The largest absolute Gasteiger partial charge is 1.00 e. The fourth-order valence-electron chi connectivity index (χ4n) is 6.97. The van der Waals surface area contributed by atoms with Gasteiger partial charge >= 0.3 is 124 Å². The normalized spacial score (nSPS) is 12.1. The SMILES string of the molecule is O=C(Nc1ccc2c([O-])c(N=Nc3ccc4c(S(=O)(=O)[O-])cccc4c3)c(S(=O)(=O)O)cc2c1)Nc1ccc2c([O-])c(N=Nc3ccc4c(S(=O)(=O)[O-])cccc4c3)c(S(=O)(=O)O)cc2c1.[Na+].[Na+].[Na+].[Na+]. The van der Waals surface area contributed by atoms with Gasteiger partial charge in [0.15, 0.2) is 0 Å². The van der Waals surface area contributed by atoms with E-state index in [1.807, 2.05) is 0 Å². The Morgan fingerprint density at radius 2 is 0.786 bits per heavy atom. The molecule has 0 heterocycles. The van der Waals surface area contributed by atoms with Gasteiger partial charge in [-0.1, -0.05) is 60.0 Å². The van der Waals surface area contributed by atoms with Gasteiger partial charge < -0.3 is 30.0 Å². The van der Waals surface area contributed by atoms with Crippen LogP contribution in [-0.4, -0.2) is 57.9 Å². The number of carbonyl (C=O) groups is 1. The molecule has 21 nitrogen and oxygen atoms in total. The van der Waals surface area contributed by atoms with Crippen LogP contribution in [0.25, 0.3) is 43.1 Å². The molecule has 8 rings (SSSR count). The van der Waals surface area contributed by atoms with Gasteiger partial charge in [0.1, 0.15) is 30.0 Å². The third-order valence-electron chi connectivity index (χ3n) is 9.85. The van der Waals surface area contributed by atoms with E-state index in [2.05, 4.69) is 31.1 Å². The first-order valence-electron chi connectivity index (χ1n) is 18.3. The smallest absolute Gasteiger partial charge is 0.871 e. The van der Waals surface area contributed by atoms with Gasteiger partial charge in [0, 0.05) is 11.4 Å². The summed E-state index contributed by atoms with van der Waals surface area (Å²) in [6.45, 7) is 0. The van der Waals surface area contributed by atoms with Gasteiger partial charge in [-0.05, 0) is 116 Å². The van der Waals surface area contributed by atoms with Crippen molar-refractivity contribution >= 4 is 124 Å². The van der Waals surface area contributed by atoms with Gasteiger partial charge in [-0.2, -0.15) is 27.1 Å². The standard InChI is InChI=1S/C41H28N6O15S4.4Na/c48-39-31-13-7-25(17-23(31)19-35(65(57,58)59)37(39)46-44-27-9-11-29-21(15-27)3-1-5-33(29)63(51,52)53)42-41(50)43-26-8-14-32-24(18-26)20-36(66(60,61)62)38(40(32)49)47-45-28-10-12-30-22(16-28)4-2-6-34(30)64(54,55)56;;;;/h1-20,48-49H,(H2,42,43,50)(H,51,52,53)(H,54,55,56)(H,57,58,59)(H,60,61,62);;;;/q;4*+1/p-4. The number of hydrogen-bond donors (Lipinski definition) is 4. The maximum Gasteiger partial charge on any atom is 1.00 e. The molecule has 0 unspecified atom stereocenters. The van der Waals surface area contributed by atoms with Gasteiger partial charge in [0.2, 0.25) is 0 Å². The molecule has 8 aromatic carbocycles. The summed E-state index contributed by atoms with van der Waals surface area (Å²) in [5.41, 5.74) is -1.46. The van der Waals surface area contributed by atoms with Crippen LogP contribution in [0.1, 0.15) is 0 Å². The number of nitrogens with zero attached hydrogens (tertiary/aromatic N) is 4. The van der Waals surface area contributed by atoms with Gasteiger partial charge in [-0.25, -0.2) is 21.6 Å². The summed E-state index contributed by atoms with van der Waals surface area (Å²) < 4.78 is 140. The number of urea groups is 1. The molecule has 0 bridgehead atoms. The minimum Gasteiger partial charge on any atom is -0.871 e. The Morgan fingerprint density at radius 1 is 0.429 bits per heavy atom. The summed E-state index contributed by atoms with van der Waals surface area (Å²) in [6, 6.07) is 24.0. The first-order chi connectivity index (χ1) is 31.0. The van der Waals surface area contributed by atoms with Crippen LogP contribution in [0, 0.1) is 0 Å². The second kappa shape index (κ2) is 22.7. The van der Waals surface area contributed by atoms with Crippen molar-refractivity contribution in [2.45, 2.75) is 19.6 Å². The zero-order chi connectivity index (χ0) is 47.5. The topological polar surface area (TPSA) is 360 Å². The molecule has 336 valence electrons. The summed E-state index contributed by atoms with van der Waals surface area (Å²) in [5.74, 6) is -1.96. The van der Waals surface area contributed by atoms with Crippen molar-refractivity contribution in [3.05, 3.63) is 121 Å². The van der Waals surface area contributed by atoms with Crippen molar-refractivity contribution in [2.24, 2.45) is 20.5 Å². The maximum absolute atomic E-state index is 13.5. The third kappa shape index (κ3) is 12.8. The Kier molecular flexibility index (Phi) is 19.2. The first kappa shape index (κ1) is 59.1. The molecule has 0 fully saturated rings. The Bertz CT molecular complexity index is 3710. The number of amides is 2. The van der Waals surface area contributed by atoms with Gasteiger partial charge in [0.25, 0.3) is 20.2 Å². The minimum absolute atomic E-state index is 0. The molecule has 0 aliphatic carbocycles. The molecule has 0 aromatic heterocycles. The van der Waals surface area contributed by atoms with E-state index in [0.717, 1.165) is 24.3 Å². The molecule has 0 atom stereocenters. The third-order valence-corrected chi connectivity index (χ3v) is 13.4. The summed E-state index contributed by atoms with van der Waals surface area (Å²) in [7, 11) is -19.9. The summed E-state index contributed by atoms with van der Waals surface area (Å²) in [4.78, 5) is 10.3. The summed E-state index contributed by atoms with van der Waals surface area (Å²) in [6.07, 6.45) is 0. The van der Waals surface area contributed by atoms with E-state index in [1.54, 1.807) is 0 Å². The van der Waals surface area contributed by atoms with Gasteiger partial charge in [0.05, 0.1) is 32.5 Å². The van der Waals surface area contributed by atoms with Crippen LogP contribution in [0.15, 0.2) is 161 Å². The van der Waals surface area contributed by atoms with E-state index in [1.165, 1.54) is 97.1 Å². The monoisotopic (exact) mass is 1060 g/mol. The number of hydrogen-bond acceptors (Lipinski definition) is 17. The molecule has 29 heteroatoms. The molecule has 0 aliphatic heterocycles. The summed E-state index contributed by atoms with van der Waals surface area (Å²) >= 11 is 0. The van der Waals surface area contributed by atoms with Crippen LogP contribution in [0.4, 0.5) is 38.9 Å². The van der Waals surface area contributed by atoms with Gasteiger partial charge in [-0.3, -0.25) is 9.11 Å². The van der Waals surface area contributed by atoms with Crippen LogP contribution < -0.4 is 139 Å². The van der Waals surface area contributed by atoms with Gasteiger partial charge in [-0.15, -0.1) is 10.2 Å². The Balaban J connectivity index is 0.00000266. The zero-order valence-electron chi connectivity index (χ0n) is 36.7. The molecule has 8 aromatic rings. The Labute approximate surface area is 486 Å². The van der Waals surface area contributed by atoms with E-state index in [9.17, 15) is 66.9 Å². The van der Waals surface area contributed by atoms with Crippen molar-refractivity contribution < 1.29 is 185 Å². The van der Waals surface area contributed by atoms with Crippen LogP contribution in [-0.2, 0) is 40.5 Å². The van der Waals surface area contributed by atoms with E-state index in [-0.39, 0.29) is 184 Å². The van der Waals surface area contributed by atoms with Crippen molar-refractivity contribution in [1.29, 1.82) is 0 Å². The summed E-state index contributed by atoms with van der Waals surface area (Å²) in [5, 5.41) is 47.8. The molecule has 4 N–H and O–H groups in total. The fourth-order valence-corrected chi connectivity index (χ4v) is 9.67. The number of fused-ring (bicyclic) bond motifs is 4. The van der Waals surface area contributed by atoms with Crippen LogP contribution in [0.2, 0.25) is 0 Å². The number of anilines is 2. The number of azo groups is 2. The average Bonchev–Trinajstić information content (AvgIpc) is 3.23. The second-order valence-corrected chi connectivity index (χ2v) is 19.6. The predicted octanol–water partition coefficient (Wildman–Crippen LogP) is -4.76. The van der Waals surface area contributed by atoms with E-state index in [4.69, 9.17) is 0 Å². The van der Waals surface area contributed by atoms with Crippen molar-refractivity contribution in [3.63, 3.8) is 0 Å². The molecular weight excluding hydrogens is 1040 g/mol. The minimum atomic E-state index is -5.12. The van der Waals surface area contributed by atoms with Crippen molar-refractivity contribution in [3.8, 4) is 11.5 Å². The molecule has 0 radical (unpaired) electrons. The number of carbonyl (C=O) groups excluding carboxylic acids is 1. The van der Waals surface area contributed by atoms with Crippen molar-refractivity contribution in [2.75, 3.05) is 10.6 Å². The molecule has 0 saturated heterocycles. The second-order valence-electron chi connectivity index (χ2n) is 14.1. The quantitative estimate of drug-likeness (QED) is 0.0568. The molecule has 0 spiro atoms. The van der Waals surface area contributed by atoms with E-state index < -0.39 is 89.0 Å². The van der Waals surface area contributed by atoms with Crippen LogP contribution in [0.3, 0.4) is 0 Å². The predicted molar refractivity (Wildman–Crippen MR) is 231 cm³/mol. The van der Waals surface area contributed by atoms with Crippen LogP contribution >= 0.6 is 0 Å².